The van der Waals surface area contributed by atoms with E-state index in [1.807, 2.05) is 90.2 Å². The van der Waals surface area contributed by atoms with Gasteiger partial charge in [0.1, 0.15) is 0 Å². The van der Waals surface area contributed by atoms with Gasteiger partial charge in [0, 0.05) is 44.4 Å². The van der Waals surface area contributed by atoms with E-state index >= 15 is 0 Å². The number of carbonyl (C=O) groups is 1. The summed E-state index contributed by atoms with van der Waals surface area (Å²) in [6.07, 6.45) is 1.75. The minimum absolute atomic E-state index is 0.192. The summed E-state index contributed by atoms with van der Waals surface area (Å²) in [5, 5.41) is 7.05. The van der Waals surface area contributed by atoms with Crippen LogP contribution in [0.4, 0.5) is 22.2 Å². The molecule has 0 atom stereocenters. The molecule has 11 nitrogen and oxygen atoms in total. The number of nitrogens with one attached hydrogen (secondary N) is 2. The van der Waals surface area contributed by atoms with Crippen LogP contribution in [0.1, 0.15) is 16.7 Å². The van der Waals surface area contributed by atoms with Gasteiger partial charge in [-0.3, -0.25) is 0 Å². The van der Waals surface area contributed by atoms with Crippen LogP contribution in [0.5, 0.6) is 11.5 Å². The molecule has 3 aromatic carbocycles. The summed E-state index contributed by atoms with van der Waals surface area (Å²) in [7, 11) is 3.67. The number of likely N-dealkylation sites (N-methyl/N-ethyl adjacent to an activating group) is 2. The van der Waals surface area contributed by atoms with E-state index in [-0.39, 0.29) is 12.8 Å². The van der Waals surface area contributed by atoms with Crippen molar-refractivity contribution in [3.63, 3.8) is 0 Å². The molecule has 0 radical (unpaired) electrons. The molecule has 3 heterocycles. The maximum absolute atomic E-state index is 12.8. The standard InChI is InChI=1S/C32H33ClN8O3/c1-21-8-11-24(12-9-21)36-32(42)40(3)15-14-39(2)31-37-29(34-17-22-10-13-26-27(16-22)44-20-43-26)28-30(38-31)41(19-35-28)18-23-6-4-5-7-25(23)33/h4-13,16,19H,14-15,17-18,20H2,1-3H3,(H,36,42)(H,34,37,38). The molecule has 1 aliphatic rings. The van der Waals surface area contributed by atoms with Crippen LogP contribution in [0, 0.1) is 6.92 Å². The number of amides is 2. The van der Waals surface area contributed by atoms with Gasteiger partial charge < -0.3 is 34.5 Å². The van der Waals surface area contributed by atoms with Gasteiger partial charge in [0.15, 0.2) is 28.5 Å². The maximum Gasteiger partial charge on any atom is 0.321 e. The Balaban J connectivity index is 1.22. The zero-order valence-corrected chi connectivity index (χ0v) is 25.5. The molecule has 0 saturated carbocycles. The van der Waals surface area contributed by atoms with Crippen LogP contribution in [-0.4, -0.2) is 64.4 Å². The van der Waals surface area contributed by atoms with Crippen molar-refractivity contribution in [2.45, 2.75) is 20.0 Å². The van der Waals surface area contributed by atoms with Crippen molar-refractivity contribution in [2.24, 2.45) is 0 Å². The zero-order chi connectivity index (χ0) is 30.6. The van der Waals surface area contributed by atoms with Crippen molar-refractivity contribution in [3.05, 3.63) is 94.8 Å². The van der Waals surface area contributed by atoms with Crippen LogP contribution in [0.15, 0.2) is 73.1 Å². The van der Waals surface area contributed by atoms with Crippen molar-refractivity contribution in [1.29, 1.82) is 0 Å². The summed E-state index contributed by atoms with van der Waals surface area (Å²) in [5.41, 5.74) is 5.16. The minimum atomic E-state index is -0.192. The fourth-order valence-corrected chi connectivity index (χ4v) is 4.94. The highest BCUT2D eigenvalue weighted by molar-refractivity contribution is 6.31. The van der Waals surface area contributed by atoms with Gasteiger partial charge in [-0.15, -0.1) is 0 Å². The number of hydrogen-bond acceptors (Lipinski definition) is 8. The highest BCUT2D eigenvalue weighted by Gasteiger charge is 2.19. The highest BCUT2D eigenvalue weighted by Crippen LogP contribution is 2.33. The largest absolute Gasteiger partial charge is 0.454 e. The molecular weight excluding hydrogens is 580 g/mol. The number of carbonyl (C=O) groups excluding carboxylic acids is 1. The molecule has 2 aromatic heterocycles. The predicted molar refractivity (Wildman–Crippen MR) is 172 cm³/mol. The molecule has 12 heteroatoms. The summed E-state index contributed by atoms with van der Waals surface area (Å²) in [6, 6.07) is 21.1. The molecule has 0 aliphatic carbocycles. The van der Waals surface area contributed by atoms with Gasteiger partial charge in [-0.05, 0) is 48.4 Å². The summed E-state index contributed by atoms with van der Waals surface area (Å²) < 4.78 is 12.9. The number of nitrogens with zero attached hydrogens (tertiary/aromatic N) is 6. The smallest absolute Gasteiger partial charge is 0.321 e. The monoisotopic (exact) mass is 612 g/mol. The second-order valence-electron chi connectivity index (χ2n) is 10.7. The van der Waals surface area contributed by atoms with Crippen molar-refractivity contribution in [3.8, 4) is 11.5 Å². The van der Waals surface area contributed by atoms with Crippen LogP contribution >= 0.6 is 11.6 Å². The van der Waals surface area contributed by atoms with Crippen LogP contribution in [0.3, 0.4) is 0 Å². The number of anilines is 3. The number of fused-ring (bicyclic) bond motifs is 2. The first-order chi connectivity index (χ1) is 21.3. The van der Waals surface area contributed by atoms with Gasteiger partial charge in [0.05, 0.1) is 12.9 Å². The molecule has 0 fully saturated rings. The summed E-state index contributed by atoms with van der Waals surface area (Å²) >= 11 is 6.47. The van der Waals surface area contributed by atoms with Gasteiger partial charge in [-0.1, -0.05) is 53.6 Å². The lowest BCUT2D eigenvalue weighted by Gasteiger charge is -2.23. The molecule has 2 amide bonds. The number of aromatic nitrogens is 4. The second kappa shape index (κ2) is 12.7. The number of ether oxygens (including phenoxy) is 2. The van der Waals surface area contributed by atoms with Crippen molar-refractivity contribution in [1.82, 2.24) is 24.4 Å². The van der Waals surface area contributed by atoms with Gasteiger partial charge in [0.2, 0.25) is 12.7 Å². The third-order valence-corrected chi connectivity index (χ3v) is 7.78. The van der Waals surface area contributed by atoms with Crippen molar-refractivity contribution < 1.29 is 14.3 Å². The predicted octanol–water partition coefficient (Wildman–Crippen LogP) is 5.78. The van der Waals surface area contributed by atoms with Crippen LogP contribution < -0.4 is 25.0 Å². The zero-order valence-electron chi connectivity index (χ0n) is 24.7. The molecule has 5 aromatic rings. The Hall–Kier alpha value is -5.03. The van der Waals surface area contributed by atoms with E-state index < -0.39 is 0 Å². The first kappa shape index (κ1) is 29.1. The topological polar surface area (TPSA) is 110 Å². The molecule has 0 bridgehead atoms. The van der Waals surface area contributed by atoms with E-state index in [4.69, 9.17) is 31.0 Å². The molecule has 44 heavy (non-hydrogen) atoms. The number of aryl methyl sites for hydroxylation is 1. The Bertz CT molecular complexity index is 1790. The summed E-state index contributed by atoms with van der Waals surface area (Å²) in [6.45, 7) is 4.18. The van der Waals surface area contributed by atoms with Crippen LogP contribution in [0.2, 0.25) is 5.02 Å². The molecule has 0 saturated heterocycles. The minimum Gasteiger partial charge on any atom is -0.454 e. The number of hydrogen-bond donors (Lipinski definition) is 2. The van der Waals surface area contributed by atoms with Crippen LogP contribution in [-0.2, 0) is 13.1 Å². The third kappa shape index (κ3) is 6.47. The number of imidazole rings is 1. The Morgan fingerprint density at radius 2 is 1.80 bits per heavy atom. The van der Waals surface area contributed by atoms with Crippen molar-refractivity contribution in [2.75, 3.05) is 49.5 Å². The Morgan fingerprint density at radius 3 is 2.61 bits per heavy atom. The first-order valence-corrected chi connectivity index (χ1v) is 14.6. The average Bonchev–Trinajstić information content (AvgIpc) is 3.67. The van der Waals surface area contributed by atoms with E-state index in [2.05, 4.69) is 15.6 Å². The number of urea groups is 1. The van der Waals surface area contributed by atoms with Gasteiger partial charge in [-0.25, -0.2) is 9.78 Å². The Kier molecular flexibility index (Phi) is 8.38. The lowest BCUT2D eigenvalue weighted by atomic mass is 10.2. The normalized spacial score (nSPS) is 11.9. The lowest BCUT2D eigenvalue weighted by Crippen LogP contribution is -2.37. The van der Waals surface area contributed by atoms with Gasteiger partial charge >= 0.3 is 6.03 Å². The second-order valence-corrected chi connectivity index (χ2v) is 11.1. The molecule has 2 N–H and O–H groups in total. The van der Waals surface area contributed by atoms with E-state index in [0.29, 0.717) is 54.1 Å². The molecule has 226 valence electrons. The number of rotatable bonds is 10. The van der Waals surface area contributed by atoms with E-state index in [0.717, 1.165) is 33.9 Å². The van der Waals surface area contributed by atoms with E-state index in [9.17, 15) is 4.79 Å². The molecule has 0 unspecified atom stereocenters. The molecule has 0 spiro atoms. The van der Waals surface area contributed by atoms with E-state index in [1.54, 1.807) is 18.3 Å². The number of halogens is 1. The number of benzene rings is 3. The molecule has 6 rings (SSSR count). The third-order valence-electron chi connectivity index (χ3n) is 7.41. The fourth-order valence-electron chi connectivity index (χ4n) is 4.75. The van der Waals surface area contributed by atoms with Crippen LogP contribution in [0.25, 0.3) is 11.2 Å². The van der Waals surface area contributed by atoms with Crippen molar-refractivity contribution >= 4 is 46.2 Å². The molecule has 1 aliphatic heterocycles. The summed E-state index contributed by atoms with van der Waals surface area (Å²) in [4.78, 5) is 30.8. The lowest BCUT2D eigenvalue weighted by molar-refractivity contribution is 0.174. The SMILES string of the molecule is Cc1ccc(NC(=O)N(C)CCN(C)c2nc(NCc3ccc4c(c3)OCO4)c3ncn(Cc4ccccc4Cl)c3n2)cc1. The average molecular weight is 613 g/mol. The van der Waals surface area contributed by atoms with E-state index in [1.165, 1.54) is 0 Å². The Morgan fingerprint density at radius 1 is 1.00 bits per heavy atom. The fraction of sp³-hybridized carbons (Fsp3) is 0.250. The summed E-state index contributed by atoms with van der Waals surface area (Å²) in [5.74, 6) is 2.55. The maximum atomic E-state index is 12.8. The molecular formula is C32H33ClN8O3. The quantitative estimate of drug-likeness (QED) is 0.204. The Labute approximate surface area is 260 Å². The van der Waals surface area contributed by atoms with Gasteiger partial charge in [-0.2, -0.15) is 9.97 Å². The first-order valence-electron chi connectivity index (χ1n) is 14.2. The van der Waals surface area contributed by atoms with Gasteiger partial charge in [0.25, 0.3) is 0 Å². The highest BCUT2D eigenvalue weighted by atomic mass is 35.5.